The monoisotopic (exact) mass is 210 g/mol. The molecule has 0 aromatic carbocycles. The Morgan fingerprint density at radius 2 is 0.923 bits per heavy atom. The first-order valence-corrected chi connectivity index (χ1v) is 4.59. The second kappa shape index (κ2) is 11.1. The second-order valence-electron chi connectivity index (χ2n) is 1.06. The van der Waals surface area contributed by atoms with Gasteiger partial charge in [-0.15, -0.1) is 0 Å². The van der Waals surface area contributed by atoms with Crippen molar-refractivity contribution in [3.8, 4) is 0 Å². The van der Waals surface area contributed by atoms with Crippen molar-refractivity contribution in [3.05, 3.63) is 0 Å². The van der Waals surface area contributed by atoms with Gasteiger partial charge in [-0.1, -0.05) is 0 Å². The molecule has 0 saturated heterocycles. The number of hydrogen-bond acceptors (Lipinski definition) is 3. The third kappa shape index (κ3) is 31.3. The average molecular weight is 210 g/mol. The maximum Gasteiger partial charge on any atom is 1.00 e. The van der Waals surface area contributed by atoms with Crippen molar-refractivity contribution < 1.29 is 114 Å². The zero-order chi connectivity index (χ0) is 7.71. The van der Waals surface area contributed by atoms with Gasteiger partial charge in [-0.05, 0) is 0 Å². The molecule has 0 aliphatic carbocycles. The topological polar surface area (TPSA) is 124 Å². The molecule has 13 heteroatoms. The van der Waals surface area contributed by atoms with E-state index in [0.29, 0.717) is 0 Å². The fourth-order valence-corrected chi connectivity index (χ4v) is 1.25. The van der Waals surface area contributed by atoms with Crippen LogP contribution in [0.15, 0.2) is 0 Å². The molecule has 0 saturated carbocycles. The van der Waals surface area contributed by atoms with E-state index in [4.69, 9.17) is 19.6 Å². The molecule has 0 spiro atoms. The molecule has 0 unspecified atom stereocenters. The van der Waals surface area contributed by atoms with Gasteiger partial charge in [-0.3, -0.25) is 0 Å². The third-order valence-electron chi connectivity index (χ3n) is 0.213. The average Bonchev–Trinajstić information content (AvgIpc) is 1.14. The summed E-state index contributed by atoms with van der Waals surface area (Å²) in [5.41, 5.74) is 0. The van der Waals surface area contributed by atoms with Crippen molar-refractivity contribution in [2.75, 3.05) is 0 Å². The van der Waals surface area contributed by atoms with E-state index in [1.54, 1.807) is 0 Å². The number of phosphoric acid groups is 2. The minimum absolute atomic E-state index is 0. The summed E-state index contributed by atoms with van der Waals surface area (Å²) in [5, 5.41) is 0. The summed E-state index contributed by atoms with van der Waals surface area (Å²) in [6.45, 7) is 0. The van der Waals surface area contributed by atoms with Crippen molar-refractivity contribution >= 4 is 15.6 Å². The Balaban J connectivity index is -0.0000000114. The number of hydrogen-bond donors (Lipinski definition) is 4. The summed E-state index contributed by atoms with van der Waals surface area (Å²) in [5.74, 6) is 0. The first-order chi connectivity index (χ1) is 3.71. The number of rotatable bonds is 2. The molecule has 7 nitrogen and oxygen atoms in total. The van der Waals surface area contributed by atoms with Crippen molar-refractivity contribution in [1.82, 2.24) is 0 Å². The molecule has 4 N–H and O–H groups in total. The van der Waals surface area contributed by atoms with Crippen LogP contribution in [0.4, 0.5) is 0 Å². The Kier molecular flexibility index (Phi) is 25.4. The van der Waals surface area contributed by atoms with Gasteiger partial charge < -0.3 is 25.3 Å². The van der Waals surface area contributed by atoms with Crippen molar-refractivity contribution in [2.24, 2.45) is 0 Å². The predicted octanol–water partition coefficient (Wildman–Crippen LogP) is -12.3. The van der Waals surface area contributed by atoms with Gasteiger partial charge in [-0.25, -0.2) is 9.13 Å². The molecule has 0 aromatic heterocycles. The van der Waals surface area contributed by atoms with Crippen LogP contribution in [0.25, 0.3) is 0 Å². The summed E-state index contributed by atoms with van der Waals surface area (Å²) >= 11 is 0. The summed E-state index contributed by atoms with van der Waals surface area (Å²) < 4.78 is 22.2. The van der Waals surface area contributed by atoms with Gasteiger partial charge in [0.2, 0.25) is 0 Å². The zero-order valence-corrected chi connectivity index (χ0v) is 9.70. The molecule has 0 radical (unpaired) electrons. The van der Waals surface area contributed by atoms with Gasteiger partial charge in [-0.2, -0.15) is 4.31 Å². The van der Waals surface area contributed by atoms with Crippen LogP contribution in [0.1, 0.15) is 5.71 Å². The van der Waals surface area contributed by atoms with Gasteiger partial charge in [0.15, 0.2) is 0 Å². The van der Waals surface area contributed by atoms with Crippen molar-refractivity contribution in [2.45, 2.75) is 0 Å². The molecule has 0 fully saturated rings. The normalized spacial score (nSPS) is 9.54. The predicted molar refractivity (Wildman–Crippen MR) is 29.6 cm³/mol. The Labute approximate surface area is 129 Å². The SMILES string of the molecule is O=P(O)(O)OP(=O)(O)O.[H-].[H-].[H-].[H-].[Li+].[Li+].[Li+].[Li+]. The van der Waals surface area contributed by atoms with Crippen LogP contribution >= 0.6 is 15.6 Å². The standard InChI is InChI=1S/4Li.H4O7P2.4H/c;;;;1-8(2,3)7-9(4,5)6;;;;/h;;;;(H2,1,2,3)(H2,4,5,6);;;;/q4*+1;;4*-1. The van der Waals surface area contributed by atoms with E-state index in [1.807, 2.05) is 0 Å². The van der Waals surface area contributed by atoms with Crippen LogP contribution in [-0.4, -0.2) is 19.6 Å². The van der Waals surface area contributed by atoms with Gasteiger partial charge in [0, 0.05) is 0 Å². The molecule has 0 heterocycles. The van der Waals surface area contributed by atoms with E-state index in [-0.39, 0.29) is 81.1 Å². The molecule has 0 aromatic rings. The van der Waals surface area contributed by atoms with E-state index in [9.17, 15) is 9.13 Å². The van der Waals surface area contributed by atoms with Crippen LogP contribution < -0.4 is 75.4 Å². The molecule has 0 rings (SSSR count). The van der Waals surface area contributed by atoms with Crippen molar-refractivity contribution in [3.63, 3.8) is 0 Å². The molecule has 0 bridgehead atoms. The van der Waals surface area contributed by atoms with Gasteiger partial charge in [0.25, 0.3) is 0 Å². The van der Waals surface area contributed by atoms with E-state index in [2.05, 4.69) is 4.31 Å². The first-order valence-electron chi connectivity index (χ1n) is 1.53. The largest absolute Gasteiger partial charge is 1.00 e. The summed E-state index contributed by atoms with van der Waals surface area (Å²) in [4.78, 5) is 31.0. The summed E-state index contributed by atoms with van der Waals surface area (Å²) in [6.07, 6.45) is 0. The minimum Gasteiger partial charge on any atom is -1.00 e. The first kappa shape index (κ1) is 29.6. The second-order valence-corrected chi connectivity index (χ2v) is 3.68. The fourth-order valence-electron chi connectivity index (χ4n) is 0.139. The van der Waals surface area contributed by atoms with E-state index in [0.717, 1.165) is 0 Å². The Hall–Kier alpha value is 2.65. The van der Waals surface area contributed by atoms with Gasteiger partial charge in [0.05, 0.1) is 0 Å². The zero-order valence-electron chi connectivity index (χ0n) is 11.9. The third-order valence-corrected chi connectivity index (χ3v) is 1.91. The molecular weight excluding hydrogens is 202 g/mol. The van der Waals surface area contributed by atoms with Crippen LogP contribution in [0.3, 0.4) is 0 Å². The molecule has 0 aliphatic rings. The van der Waals surface area contributed by atoms with Gasteiger partial charge in [0.1, 0.15) is 0 Å². The maximum atomic E-state index is 9.63. The summed E-state index contributed by atoms with van der Waals surface area (Å²) in [7, 11) is -10.1. The molecule has 64 valence electrons. The van der Waals surface area contributed by atoms with Gasteiger partial charge >= 0.3 is 91.1 Å². The summed E-state index contributed by atoms with van der Waals surface area (Å²) in [6, 6.07) is 0. The van der Waals surface area contributed by atoms with Crippen LogP contribution in [-0.2, 0) is 13.4 Å². The Morgan fingerprint density at radius 3 is 0.923 bits per heavy atom. The van der Waals surface area contributed by atoms with Crippen LogP contribution in [0, 0.1) is 0 Å². The molecule has 13 heavy (non-hydrogen) atoms. The van der Waals surface area contributed by atoms with E-state index in [1.165, 1.54) is 0 Å². The molecular formula is H8Li4O7P2. The van der Waals surface area contributed by atoms with E-state index < -0.39 is 15.6 Å². The van der Waals surface area contributed by atoms with Crippen molar-refractivity contribution in [1.29, 1.82) is 0 Å². The fraction of sp³-hybridized carbons (Fsp3) is 0. The quantitative estimate of drug-likeness (QED) is 0.263. The maximum absolute atomic E-state index is 9.63. The van der Waals surface area contributed by atoms with Crippen LogP contribution in [0.2, 0.25) is 0 Å². The molecule has 0 aliphatic heterocycles. The van der Waals surface area contributed by atoms with Crippen LogP contribution in [0.5, 0.6) is 0 Å². The minimum atomic E-state index is -5.05. The smallest absolute Gasteiger partial charge is 1.00 e. The molecule has 0 atom stereocenters. The Bertz CT molecular complexity index is 172. The van der Waals surface area contributed by atoms with E-state index >= 15 is 0 Å². The molecule has 0 amide bonds. The Morgan fingerprint density at radius 1 is 0.769 bits per heavy atom.